The van der Waals surface area contributed by atoms with Crippen LogP contribution < -0.4 is 10.2 Å². The molecule has 140 valence electrons. The average molecular weight is 373 g/mol. The van der Waals surface area contributed by atoms with Gasteiger partial charge in [-0.15, -0.1) is 0 Å². The lowest BCUT2D eigenvalue weighted by Gasteiger charge is -2.26. The van der Waals surface area contributed by atoms with Crippen LogP contribution in [0.3, 0.4) is 0 Å². The molecule has 3 aromatic carbocycles. The van der Waals surface area contributed by atoms with Crippen molar-refractivity contribution in [3.63, 3.8) is 0 Å². The molecule has 0 spiro atoms. The second-order valence-electron chi connectivity index (χ2n) is 6.78. The molecule has 0 saturated carbocycles. The number of amides is 1. The van der Waals surface area contributed by atoms with E-state index in [1.165, 1.54) is 18.3 Å². The largest absolute Gasteiger partial charge is 0.355 e. The fourth-order valence-corrected chi connectivity index (χ4v) is 3.62. The molecule has 4 rings (SSSR count). The van der Waals surface area contributed by atoms with E-state index in [2.05, 4.69) is 5.32 Å². The van der Waals surface area contributed by atoms with Crippen molar-refractivity contribution in [1.82, 2.24) is 0 Å². The quantitative estimate of drug-likeness (QED) is 0.586. The third-order valence-corrected chi connectivity index (χ3v) is 4.99. The lowest BCUT2D eigenvalue weighted by molar-refractivity contribution is -0.117. The molecule has 1 atom stereocenters. The SMILES string of the molecule is N=Cc1cc(N2C(=O)CC[C@H]2c2ccccc2)ccc1Nc1ccc(F)cc1. The van der Waals surface area contributed by atoms with Crippen molar-refractivity contribution in [1.29, 1.82) is 5.41 Å². The highest BCUT2D eigenvalue weighted by Crippen LogP contribution is 2.38. The van der Waals surface area contributed by atoms with Gasteiger partial charge in [-0.25, -0.2) is 4.39 Å². The topological polar surface area (TPSA) is 56.2 Å². The van der Waals surface area contributed by atoms with Crippen molar-refractivity contribution >= 4 is 29.2 Å². The Hall–Kier alpha value is -3.47. The minimum Gasteiger partial charge on any atom is -0.355 e. The van der Waals surface area contributed by atoms with Gasteiger partial charge in [0.1, 0.15) is 5.82 Å². The highest BCUT2D eigenvalue weighted by atomic mass is 19.1. The van der Waals surface area contributed by atoms with E-state index in [1.807, 2.05) is 53.4 Å². The predicted molar refractivity (Wildman–Crippen MR) is 110 cm³/mol. The zero-order chi connectivity index (χ0) is 19.5. The second-order valence-corrected chi connectivity index (χ2v) is 6.78. The number of hydrogen-bond donors (Lipinski definition) is 2. The van der Waals surface area contributed by atoms with E-state index >= 15 is 0 Å². The van der Waals surface area contributed by atoms with Gasteiger partial charge < -0.3 is 15.6 Å². The van der Waals surface area contributed by atoms with Crippen molar-refractivity contribution < 1.29 is 9.18 Å². The van der Waals surface area contributed by atoms with Gasteiger partial charge in [0.15, 0.2) is 0 Å². The molecular formula is C23H20FN3O. The number of hydrogen-bond acceptors (Lipinski definition) is 3. The highest BCUT2D eigenvalue weighted by Gasteiger charge is 2.33. The standard InChI is InChI=1S/C23H20FN3O/c24-18-6-8-19(9-7-18)26-21-11-10-20(14-17(21)15-25)27-22(12-13-23(27)28)16-4-2-1-3-5-16/h1-11,14-15,22,25-26H,12-13H2/t22-/m0/s1. The molecule has 0 radical (unpaired) electrons. The maximum atomic E-state index is 13.1. The predicted octanol–water partition coefficient (Wildman–Crippen LogP) is 5.44. The zero-order valence-corrected chi connectivity index (χ0v) is 15.2. The molecule has 0 unspecified atom stereocenters. The van der Waals surface area contributed by atoms with Crippen LogP contribution in [0, 0.1) is 11.2 Å². The molecule has 1 aliphatic rings. The van der Waals surface area contributed by atoms with Crippen LogP contribution in [0.25, 0.3) is 0 Å². The maximum Gasteiger partial charge on any atom is 0.227 e. The number of rotatable bonds is 5. The van der Waals surface area contributed by atoms with Crippen LogP contribution in [0.4, 0.5) is 21.5 Å². The van der Waals surface area contributed by atoms with Gasteiger partial charge in [0.05, 0.1) is 6.04 Å². The first-order valence-corrected chi connectivity index (χ1v) is 9.20. The van der Waals surface area contributed by atoms with Gasteiger partial charge >= 0.3 is 0 Å². The number of anilines is 3. The first-order chi connectivity index (χ1) is 13.7. The molecule has 1 aliphatic heterocycles. The lowest BCUT2D eigenvalue weighted by atomic mass is 10.0. The molecule has 1 fully saturated rings. The van der Waals surface area contributed by atoms with Crippen LogP contribution in [0.2, 0.25) is 0 Å². The molecule has 0 aliphatic carbocycles. The minimum atomic E-state index is -0.298. The second kappa shape index (κ2) is 7.64. The first kappa shape index (κ1) is 17.9. The molecule has 5 heteroatoms. The Balaban J connectivity index is 1.65. The minimum absolute atomic E-state index is 0.00296. The average Bonchev–Trinajstić information content (AvgIpc) is 3.12. The Labute approximate surface area is 163 Å². The summed E-state index contributed by atoms with van der Waals surface area (Å²) in [5, 5.41) is 11.0. The molecule has 4 nitrogen and oxygen atoms in total. The molecule has 1 saturated heterocycles. The van der Waals surface area contributed by atoms with E-state index in [1.54, 1.807) is 12.1 Å². The van der Waals surface area contributed by atoms with E-state index in [4.69, 9.17) is 5.41 Å². The summed E-state index contributed by atoms with van der Waals surface area (Å²) in [7, 11) is 0. The normalized spacial score (nSPS) is 16.2. The van der Waals surface area contributed by atoms with Crippen molar-refractivity contribution in [3.05, 3.63) is 89.7 Å². The number of halogens is 1. The monoisotopic (exact) mass is 373 g/mol. The Morgan fingerprint density at radius 3 is 2.50 bits per heavy atom. The van der Waals surface area contributed by atoms with Crippen LogP contribution in [0.5, 0.6) is 0 Å². The van der Waals surface area contributed by atoms with Crippen LogP contribution in [-0.4, -0.2) is 12.1 Å². The van der Waals surface area contributed by atoms with Gasteiger partial charge in [0.25, 0.3) is 0 Å². The summed E-state index contributed by atoms with van der Waals surface area (Å²) in [5.41, 5.74) is 4.01. The van der Waals surface area contributed by atoms with Crippen molar-refractivity contribution in [2.24, 2.45) is 0 Å². The Kier molecular flexibility index (Phi) is 4.89. The number of benzene rings is 3. The van der Waals surface area contributed by atoms with Gasteiger partial charge in [-0.2, -0.15) is 0 Å². The molecule has 1 amide bonds. The number of nitrogens with one attached hydrogen (secondary N) is 2. The number of carbonyl (C=O) groups is 1. The van der Waals surface area contributed by atoms with E-state index < -0.39 is 0 Å². The summed E-state index contributed by atoms with van der Waals surface area (Å²) < 4.78 is 13.1. The lowest BCUT2D eigenvalue weighted by Crippen LogP contribution is -2.27. The van der Waals surface area contributed by atoms with Crippen molar-refractivity contribution in [3.8, 4) is 0 Å². The van der Waals surface area contributed by atoms with Gasteiger partial charge in [-0.3, -0.25) is 4.79 Å². The molecule has 1 heterocycles. The van der Waals surface area contributed by atoms with Gasteiger partial charge in [-0.1, -0.05) is 30.3 Å². The summed E-state index contributed by atoms with van der Waals surface area (Å²) >= 11 is 0. The molecule has 0 aromatic heterocycles. The van der Waals surface area contributed by atoms with E-state index in [-0.39, 0.29) is 17.8 Å². The summed E-state index contributed by atoms with van der Waals surface area (Å²) in [6, 6.07) is 21.7. The van der Waals surface area contributed by atoms with Crippen LogP contribution in [0.15, 0.2) is 72.8 Å². The first-order valence-electron chi connectivity index (χ1n) is 9.20. The molecule has 2 N–H and O–H groups in total. The van der Waals surface area contributed by atoms with Gasteiger partial charge in [0, 0.05) is 35.3 Å². The Morgan fingerprint density at radius 1 is 1.04 bits per heavy atom. The molecule has 28 heavy (non-hydrogen) atoms. The van der Waals surface area contributed by atoms with Crippen LogP contribution in [0.1, 0.15) is 30.0 Å². The van der Waals surface area contributed by atoms with E-state index in [0.717, 1.165) is 29.0 Å². The van der Waals surface area contributed by atoms with Crippen LogP contribution >= 0.6 is 0 Å². The van der Waals surface area contributed by atoms with Gasteiger partial charge in [-0.05, 0) is 54.4 Å². The summed E-state index contributed by atoms with van der Waals surface area (Å²) in [5.74, 6) is -0.211. The molecular weight excluding hydrogens is 353 g/mol. The smallest absolute Gasteiger partial charge is 0.227 e. The Morgan fingerprint density at radius 2 is 1.79 bits per heavy atom. The molecule has 0 bridgehead atoms. The maximum absolute atomic E-state index is 13.1. The van der Waals surface area contributed by atoms with Crippen molar-refractivity contribution in [2.45, 2.75) is 18.9 Å². The summed E-state index contributed by atoms with van der Waals surface area (Å²) in [6.07, 6.45) is 2.54. The van der Waals surface area contributed by atoms with E-state index in [9.17, 15) is 9.18 Å². The van der Waals surface area contributed by atoms with Crippen LogP contribution in [-0.2, 0) is 4.79 Å². The van der Waals surface area contributed by atoms with E-state index in [0.29, 0.717) is 12.0 Å². The van der Waals surface area contributed by atoms with Gasteiger partial charge in [0.2, 0.25) is 5.91 Å². The highest BCUT2D eigenvalue weighted by molar-refractivity contribution is 5.98. The molecule has 3 aromatic rings. The fraction of sp³-hybridized carbons (Fsp3) is 0.130. The third-order valence-electron chi connectivity index (χ3n) is 4.99. The zero-order valence-electron chi connectivity index (χ0n) is 15.2. The fourth-order valence-electron chi connectivity index (χ4n) is 3.62. The summed E-state index contributed by atoms with van der Waals surface area (Å²) in [4.78, 5) is 14.4. The third kappa shape index (κ3) is 3.51. The number of nitrogens with zero attached hydrogens (tertiary/aromatic N) is 1. The summed E-state index contributed by atoms with van der Waals surface area (Å²) in [6.45, 7) is 0. The van der Waals surface area contributed by atoms with Crippen molar-refractivity contribution in [2.75, 3.05) is 10.2 Å². The number of carbonyl (C=O) groups excluding carboxylic acids is 1. The Bertz CT molecular complexity index is 1000.